The molecule has 1 amide bonds. The van der Waals surface area contributed by atoms with Gasteiger partial charge in [0.05, 0.1) is 19.8 Å². The van der Waals surface area contributed by atoms with Crippen LogP contribution in [0.5, 0.6) is 0 Å². The second-order valence-corrected chi connectivity index (χ2v) is 4.39. The minimum Gasteiger partial charge on any atom is -0.382 e. The average Bonchev–Trinajstić information content (AvgIpc) is 2.35. The first-order valence-electron chi connectivity index (χ1n) is 6.10. The van der Waals surface area contributed by atoms with Gasteiger partial charge in [0.15, 0.2) is 0 Å². The second kappa shape index (κ2) is 7.84. The van der Waals surface area contributed by atoms with Gasteiger partial charge in [-0.05, 0) is 17.7 Å². The number of nitrogens with one attached hydrogen (secondary N) is 1. The van der Waals surface area contributed by atoms with E-state index in [1.165, 1.54) is 0 Å². The largest absolute Gasteiger partial charge is 0.382 e. The van der Waals surface area contributed by atoms with Crippen LogP contribution in [-0.4, -0.2) is 26.2 Å². The van der Waals surface area contributed by atoms with Crippen LogP contribution in [0.25, 0.3) is 0 Å². The van der Waals surface area contributed by atoms with Crippen molar-refractivity contribution in [2.45, 2.75) is 20.5 Å². The summed E-state index contributed by atoms with van der Waals surface area (Å²) in [7, 11) is 1.64. The molecule has 18 heavy (non-hydrogen) atoms. The Bertz CT molecular complexity index is 377. The molecule has 0 aliphatic heterocycles. The van der Waals surface area contributed by atoms with E-state index in [-0.39, 0.29) is 11.8 Å². The van der Waals surface area contributed by atoms with Gasteiger partial charge >= 0.3 is 0 Å². The number of amides is 1. The maximum Gasteiger partial charge on any atom is 0.226 e. The van der Waals surface area contributed by atoms with Gasteiger partial charge in [0, 0.05) is 18.7 Å². The van der Waals surface area contributed by atoms with Crippen molar-refractivity contribution in [2.75, 3.05) is 25.6 Å². The highest BCUT2D eigenvalue weighted by Crippen LogP contribution is 2.12. The fourth-order valence-corrected chi connectivity index (χ4v) is 1.36. The molecule has 0 aliphatic carbocycles. The molecule has 0 heterocycles. The predicted molar refractivity (Wildman–Crippen MR) is 71.4 cm³/mol. The summed E-state index contributed by atoms with van der Waals surface area (Å²) in [6.07, 6.45) is 0. The molecular formula is C14H21NO3. The van der Waals surface area contributed by atoms with E-state index in [0.29, 0.717) is 19.8 Å². The minimum atomic E-state index is -0.0217. The Morgan fingerprint density at radius 3 is 2.78 bits per heavy atom. The van der Waals surface area contributed by atoms with Gasteiger partial charge < -0.3 is 14.8 Å². The highest BCUT2D eigenvalue weighted by molar-refractivity contribution is 5.92. The first kappa shape index (κ1) is 14.7. The fourth-order valence-electron chi connectivity index (χ4n) is 1.36. The minimum absolute atomic E-state index is 0.0208. The molecule has 100 valence electrons. The van der Waals surface area contributed by atoms with Crippen molar-refractivity contribution in [3.63, 3.8) is 0 Å². The van der Waals surface area contributed by atoms with Crippen LogP contribution in [0.1, 0.15) is 19.4 Å². The zero-order chi connectivity index (χ0) is 13.4. The first-order chi connectivity index (χ1) is 8.63. The third-order valence-electron chi connectivity index (χ3n) is 2.42. The molecule has 0 radical (unpaired) electrons. The number of carbonyl (C=O) groups is 1. The van der Waals surface area contributed by atoms with Crippen molar-refractivity contribution in [1.82, 2.24) is 0 Å². The summed E-state index contributed by atoms with van der Waals surface area (Å²) in [5.41, 5.74) is 1.84. The summed E-state index contributed by atoms with van der Waals surface area (Å²) in [6.45, 7) is 5.41. The highest BCUT2D eigenvalue weighted by Gasteiger charge is 2.07. The van der Waals surface area contributed by atoms with Crippen molar-refractivity contribution in [3.05, 3.63) is 29.8 Å². The summed E-state index contributed by atoms with van der Waals surface area (Å²) < 4.78 is 10.3. The zero-order valence-electron chi connectivity index (χ0n) is 11.2. The van der Waals surface area contributed by atoms with Crippen LogP contribution < -0.4 is 5.32 Å². The van der Waals surface area contributed by atoms with E-state index in [9.17, 15) is 4.79 Å². The molecule has 1 N–H and O–H groups in total. The van der Waals surface area contributed by atoms with Crippen molar-refractivity contribution >= 4 is 11.6 Å². The standard InChI is InChI=1S/C14H21NO3/c1-11(2)14(16)15-13-6-4-5-12(9-13)10-18-8-7-17-3/h4-6,9,11H,7-8,10H2,1-3H3,(H,15,16). The van der Waals surface area contributed by atoms with Gasteiger partial charge in [-0.3, -0.25) is 4.79 Å². The lowest BCUT2D eigenvalue weighted by atomic mass is 10.1. The van der Waals surface area contributed by atoms with E-state index in [2.05, 4.69) is 5.32 Å². The number of ether oxygens (including phenoxy) is 2. The van der Waals surface area contributed by atoms with Gasteiger partial charge in [0.1, 0.15) is 0 Å². The maximum atomic E-state index is 11.6. The van der Waals surface area contributed by atoms with Crippen LogP contribution in [0.2, 0.25) is 0 Å². The molecular weight excluding hydrogens is 230 g/mol. The van der Waals surface area contributed by atoms with Gasteiger partial charge in [-0.25, -0.2) is 0 Å². The summed E-state index contributed by atoms with van der Waals surface area (Å²) in [6, 6.07) is 7.68. The lowest BCUT2D eigenvalue weighted by Gasteiger charge is -2.09. The molecule has 0 saturated heterocycles. The van der Waals surface area contributed by atoms with Crippen LogP contribution in [0.3, 0.4) is 0 Å². The molecule has 0 aromatic heterocycles. The van der Waals surface area contributed by atoms with Crippen LogP contribution in [0.15, 0.2) is 24.3 Å². The number of carbonyl (C=O) groups excluding carboxylic acids is 1. The SMILES string of the molecule is COCCOCc1cccc(NC(=O)C(C)C)c1. The Labute approximate surface area is 108 Å². The molecule has 0 bridgehead atoms. The monoisotopic (exact) mass is 251 g/mol. The van der Waals surface area contributed by atoms with Crippen molar-refractivity contribution in [2.24, 2.45) is 5.92 Å². The van der Waals surface area contributed by atoms with E-state index < -0.39 is 0 Å². The molecule has 0 aliphatic rings. The number of benzene rings is 1. The smallest absolute Gasteiger partial charge is 0.226 e. The summed E-state index contributed by atoms with van der Waals surface area (Å²) >= 11 is 0. The Morgan fingerprint density at radius 1 is 1.33 bits per heavy atom. The molecule has 0 atom stereocenters. The Kier molecular flexibility index (Phi) is 6.39. The lowest BCUT2D eigenvalue weighted by molar-refractivity contribution is -0.118. The number of hydrogen-bond donors (Lipinski definition) is 1. The van der Waals surface area contributed by atoms with Crippen molar-refractivity contribution < 1.29 is 14.3 Å². The van der Waals surface area contributed by atoms with Crippen LogP contribution in [0, 0.1) is 5.92 Å². The molecule has 4 nitrogen and oxygen atoms in total. The molecule has 4 heteroatoms. The van der Waals surface area contributed by atoms with Crippen molar-refractivity contribution in [3.8, 4) is 0 Å². The number of methoxy groups -OCH3 is 1. The van der Waals surface area contributed by atoms with Gasteiger partial charge in [-0.2, -0.15) is 0 Å². The van der Waals surface area contributed by atoms with Crippen LogP contribution >= 0.6 is 0 Å². The Balaban J connectivity index is 2.49. The van der Waals surface area contributed by atoms with E-state index >= 15 is 0 Å². The third kappa shape index (κ3) is 5.29. The molecule has 0 fully saturated rings. The van der Waals surface area contributed by atoms with Crippen molar-refractivity contribution in [1.29, 1.82) is 0 Å². The number of hydrogen-bond acceptors (Lipinski definition) is 3. The Morgan fingerprint density at radius 2 is 2.11 bits per heavy atom. The second-order valence-electron chi connectivity index (χ2n) is 4.39. The molecule has 1 rings (SSSR count). The summed E-state index contributed by atoms with van der Waals surface area (Å²) in [5, 5.41) is 2.86. The molecule has 1 aromatic rings. The maximum absolute atomic E-state index is 11.6. The normalized spacial score (nSPS) is 10.7. The van der Waals surface area contributed by atoms with Gasteiger partial charge in [-0.1, -0.05) is 26.0 Å². The average molecular weight is 251 g/mol. The quantitative estimate of drug-likeness (QED) is 0.757. The molecule has 0 saturated carbocycles. The van der Waals surface area contributed by atoms with E-state index in [1.807, 2.05) is 38.1 Å². The third-order valence-corrected chi connectivity index (χ3v) is 2.42. The zero-order valence-corrected chi connectivity index (χ0v) is 11.2. The topological polar surface area (TPSA) is 47.6 Å². The number of anilines is 1. The fraction of sp³-hybridized carbons (Fsp3) is 0.500. The summed E-state index contributed by atoms with van der Waals surface area (Å²) in [4.78, 5) is 11.6. The van der Waals surface area contributed by atoms with E-state index in [0.717, 1.165) is 11.3 Å². The van der Waals surface area contributed by atoms with Gasteiger partial charge in [0.25, 0.3) is 0 Å². The first-order valence-corrected chi connectivity index (χ1v) is 6.10. The van der Waals surface area contributed by atoms with Crippen LogP contribution in [0.4, 0.5) is 5.69 Å². The molecule has 0 spiro atoms. The van der Waals surface area contributed by atoms with Gasteiger partial charge in [0.2, 0.25) is 5.91 Å². The van der Waals surface area contributed by atoms with E-state index in [1.54, 1.807) is 7.11 Å². The lowest BCUT2D eigenvalue weighted by Crippen LogP contribution is -2.17. The summed E-state index contributed by atoms with van der Waals surface area (Å²) in [5.74, 6) is -0.000870. The molecule has 1 aromatic carbocycles. The number of rotatable bonds is 7. The van der Waals surface area contributed by atoms with Gasteiger partial charge in [-0.15, -0.1) is 0 Å². The highest BCUT2D eigenvalue weighted by atomic mass is 16.5. The predicted octanol–water partition coefficient (Wildman–Crippen LogP) is 2.44. The van der Waals surface area contributed by atoms with Crippen LogP contribution in [-0.2, 0) is 20.9 Å². The van der Waals surface area contributed by atoms with E-state index in [4.69, 9.17) is 9.47 Å². The Hall–Kier alpha value is -1.39. The molecule has 0 unspecified atom stereocenters.